The standard InChI is InChI=1S/C17H21ClN2O4S2/c1-4-10(2)16(21)19-17-20(11-5-6-14(24-3)12(18)7-11)13-8-26(22,23)9-15(13)25-17/h5-7,10,13,15H,4,8-9H2,1-3H3. The monoisotopic (exact) mass is 416 g/mol. The maximum Gasteiger partial charge on any atom is 0.250 e. The molecule has 1 aromatic carbocycles. The first-order chi connectivity index (χ1) is 12.3. The number of halogens is 1. The van der Waals surface area contributed by atoms with Crippen LogP contribution in [0, 0.1) is 5.92 Å². The molecular weight excluding hydrogens is 396 g/mol. The number of thioether (sulfide) groups is 1. The summed E-state index contributed by atoms with van der Waals surface area (Å²) in [5.41, 5.74) is 0.712. The molecule has 2 saturated heterocycles. The molecule has 0 radical (unpaired) electrons. The van der Waals surface area contributed by atoms with Crippen molar-refractivity contribution in [3.8, 4) is 5.75 Å². The molecule has 6 nitrogen and oxygen atoms in total. The number of methoxy groups -OCH3 is 1. The van der Waals surface area contributed by atoms with Crippen molar-refractivity contribution >= 4 is 50.0 Å². The Bertz CT molecular complexity index is 856. The van der Waals surface area contributed by atoms with E-state index >= 15 is 0 Å². The van der Waals surface area contributed by atoms with Gasteiger partial charge < -0.3 is 9.64 Å². The minimum absolute atomic E-state index is 0.0465. The van der Waals surface area contributed by atoms with E-state index < -0.39 is 9.84 Å². The summed E-state index contributed by atoms with van der Waals surface area (Å²) in [6.45, 7) is 3.78. The van der Waals surface area contributed by atoms with Crippen LogP contribution in [0.3, 0.4) is 0 Å². The van der Waals surface area contributed by atoms with Gasteiger partial charge in [-0.3, -0.25) is 4.79 Å². The number of rotatable bonds is 4. The molecule has 9 heteroatoms. The van der Waals surface area contributed by atoms with Crippen LogP contribution in [0.15, 0.2) is 23.2 Å². The van der Waals surface area contributed by atoms with Gasteiger partial charge in [-0.2, -0.15) is 4.99 Å². The summed E-state index contributed by atoms with van der Waals surface area (Å²) in [6, 6.07) is 5.00. The molecule has 0 bridgehead atoms. The van der Waals surface area contributed by atoms with Crippen LogP contribution in [0.2, 0.25) is 5.02 Å². The first-order valence-electron chi connectivity index (χ1n) is 8.38. The van der Waals surface area contributed by atoms with Gasteiger partial charge in [0.15, 0.2) is 15.0 Å². The Morgan fingerprint density at radius 3 is 2.81 bits per heavy atom. The number of hydrogen-bond donors (Lipinski definition) is 0. The van der Waals surface area contributed by atoms with Gasteiger partial charge in [-0.25, -0.2) is 8.42 Å². The summed E-state index contributed by atoms with van der Waals surface area (Å²) in [6.07, 6.45) is 0.704. The van der Waals surface area contributed by atoms with E-state index in [-0.39, 0.29) is 34.6 Å². The lowest BCUT2D eigenvalue weighted by molar-refractivity contribution is -0.121. The number of hydrogen-bond acceptors (Lipinski definition) is 5. The minimum Gasteiger partial charge on any atom is -0.495 e. The zero-order valence-electron chi connectivity index (χ0n) is 14.8. The number of carbonyl (C=O) groups is 1. The fourth-order valence-corrected chi connectivity index (χ4v) is 7.22. The number of fused-ring (bicyclic) bond motifs is 1. The number of nitrogens with zero attached hydrogens (tertiary/aromatic N) is 2. The number of amidine groups is 1. The summed E-state index contributed by atoms with van der Waals surface area (Å²) < 4.78 is 29.3. The summed E-state index contributed by atoms with van der Waals surface area (Å²) in [7, 11) is -1.57. The maximum absolute atomic E-state index is 12.3. The third-order valence-electron chi connectivity index (χ3n) is 4.72. The molecule has 3 atom stereocenters. The number of sulfone groups is 1. The van der Waals surface area contributed by atoms with Gasteiger partial charge in [-0.1, -0.05) is 37.2 Å². The average Bonchev–Trinajstić information content (AvgIpc) is 3.04. The first kappa shape index (κ1) is 19.5. The highest BCUT2D eigenvalue weighted by atomic mass is 35.5. The lowest BCUT2D eigenvalue weighted by Gasteiger charge is -2.25. The predicted molar refractivity (Wildman–Crippen MR) is 106 cm³/mol. The van der Waals surface area contributed by atoms with Crippen LogP contribution >= 0.6 is 23.4 Å². The molecular formula is C17H21ClN2O4S2. The van der Waals surface area contributed by atoms with E-state index in [4.69, 9.17) is 16.3 Å². The summed E-state index contributed by atoms with van der Waals surface area (Å²) >= 11 is 7.61. The van der Waals surface area contributed by atoms with E-state index in [1.54, 1.807) is 12.1 Å². The minimum atomic E-state index is -3.10. The lowest BCUT2D eigenvalue weighted by atomic mass is 10.1. The lowest BCUT2D eigenvalue weighted by Crippen LogP contribution is -2.37. The molecule has 2 aliphatic rings. The van der Waals surface area contributed by atoms with Gasteiger partial charge in [-0.15, -0.1) is 0 Å². The van der Waals surface area contributed by atoms with Crippen molar-refractivity contribution in [1.29, 1.82) is 0 Å². The Hall–Kier alpha value is -1.25. The zero-order valence-corrected chi connectivity index (χ0v) is 17.2. The van der Waals surface area contributed by atoms with Gasteiger partial charge in [0, 0.05) is 16.9 Å². The molecule has 26 heavy (non-hydrogen) atoms. The molecule has 0 aliphatic carbocycles. The van der Waals surface area contributed by atoms with Crippen LogP contribution in [-0.2, 0) is 14.6 Å². The first-order valence-corrected chi connectivity index (χ1v) is 11.5. The highest BCUT2D eigenvalue weighted by Gasteiger charge is 2.49. The number of anilines is 1. The molecule has 142 valence electrons. The third kappa shape index (κ3) is 3.73. The molecule has 0 aromatic heterocycles. The second-order valence-corrected chi connectivity index (χ2v) is 10.3. The fourth-order valence-electron chi connectivity index (χ4n) is 3.05. The molecule has 3 rings (SSSR count). The van der Waals surface area contributed by atoms with Crippen molar-refractivity contribution in [1.82, 2.24) is 0 Å². The Kier molecular flexibility index (Phi) is 5.55. The van der Waals surface area contributed by atoms with Crippen LogP contribution in [0.1, 0.15) is 20.3 Å². The normalized spacial score (nSPS) is 26.8. The van der Waals surface area contributed by atoms with Gasteiger partial charge in [0.1, 0.15) is 5.75 Å². The highest BCUT2D eigenvalue weighted by molar-refractivity contribution is 8.16. The summed E-state index contributed by atoms with van der Waals surface area (Å²) in [5, 5.41) is 0.831. The number of benzene rings is 1. The van der Waals surface area contributed by atoms with Crippen molar-refractivity contribution < 1.29 is 17.9 Å². The zero-order chi connectivity index (χ0) is 19.1. The summed E-state index contributed by atoms with van der Waals surface area (Å²) in [5.74, 6) is 0.312. The third-order valence-corrected chi connectivity index (χ3v) is 8.23. The molecule has 0 N–H and O–H groups in total. The topological polar surface area (TPSA) is 76.0 Å². The molecule has 3 unspecified atom stereocenters. The predicted octanol–water partition coefficient (Wildman–Crippen LogP) is 3.00. The van der Waals surface area contributed by atoms with E-state index in [1.165, 1.54) is 18.9 Å². The van der Waals surface area contributed by atoms with E-state index in [0.29, 0.717) is 28.0 Å². The summed E-state index contributed by atoms with van der Waals surface area (Å²) in [4.78, 5) is 18.5. The molecule has 2 heterocycles. The van der Waals surface area contributed by atoms with Crippen LogP contribution in [-0.4, -0.2) is 49.4 Å². The maximum atomic E-state index is 12.3. The molecule has 0 spiro atoms. The van der Waals surface area contributed by atoms with E-state index in [1.807, 2.05) is 24.8 Å². The number of carbonyl (C=O) groups excluding carboxylic acids is 1. The highest BCUT2D eigenvalue weighted by Crippen LogP contribution is 2.42. The smallest absolute Gasteiger partial charge is 0.250 e. The Morgan fingerprint density at radius 2 is 2.19 bits per heavy atom. The van der Waals surface area contributed by atoms with Gasteiger partial charge in [0.25, 0.3) is 5.91 Å². The Labute approximate surface area is 162 Å². The van der Waals surface area contributed by atoms with Crippen LogP contribution in [0.25, 0.3) is 0 Å². The molecule has 1 aromatic rings. The Morgan fingerprint density at radius 1 is 1.46 bits per heavy atom. The second kappa shape index (κ2) is 7.40. The van der Waals surface area contributed by atoms with Crippen LogP contribution < -0.4 is 9.64 Å². The van der Waals surface area contributed by atoms with Crippen molar-refractivity contribution in [2.75, 3.05) is 23.5 Å². The van der Waals surface area contributed by atoms with E-state index in [9.17, 15) is 13.2 Å². The van der Waals surface area contributed by atoms with Crippen molar-refractivity contribution in [3.63, 3.8) is 0 Å². The van der Waals surface area contributed by atoms with Gasteiger partial charge >= 0.3 is 0 Å². The second-order valence-electron chi connectivity index (χ2n) is 6.53. The van der Waals surface area contributed by atoms with Gasteiger partial charge in [0.2, 0.25) is 0 Å². The average molecular weight is 417 g/mol. The van der Waals surface area contributed by atoms with Crippen molar-refractivity contribution in [2.24, 2.45) is 10.9 Å². The van der Waals surface area contributed by atoms with E-state index in [0.717, 1.165) is 0 Å². The number of ether oxygens (including phenoxy) is 1. The molecule has 0 saturated carbocycles. The molecule has 2 aliphatic heterocycles. The van der Waals surface area contributed by atoms with Crippen LogP contribution in [0.5, 0.6) is 5.75 Å². The number of aliphatic imine (C=N–C) groups is 1. The van der Waals surface area contributed by atoms with Crippen molar-refractivity contribution in [3.05, 3.63) is 23.2 Å². The van der Waals surface area contributed by atoms with Crippen LogP contribution in [0.4, 0.5) is 5.69 Å². The Balaban J connectivity index is 2.01. The largest absolute Gasteiger partial charge is 0.495 e. The van der Waals surface area contributed by atoms with Gasteiger partial charge in [-0.05, 0) is 24.6 Å². The molecule has 1 amide bonds. The van der Waals surface area contributed by atoms with Gasteiger partial charge in [0.05, 0.1) is 29.7 Å². The fraction of sp³-hybridized carbons (Fsp3) is 0.529. The number of amides is 1. The van der Waals surface area contributed by atoms with E-state index in [2.05, 4.69) is 4.99 Å². The quantitative estimate of drug-likeness (QED) is 0.750. The SMILES string of the molecule is CCC(C)C(=O)N=C1SC2CS(=O)(=O)CC2N1c1ccc(OC)c(Cl)c1. The van der Waals surface area contributed by atoms with Crippen molar-refractivity contribution in [2.45, 2.75) is 31.6 Å². The molecule has 2 fully saturated rings.